The summed E-state index contributed by atoms with van der Waals surface area (Å²) >= 11 is 0. The highest BCUT2D eigenvalue weighted by Gasteiger charge is 2.53. The predicted molar refractivity (Wildman–Crippen MR) is 127 cm³/mol. The highest BCUT2D eigenvalue weighted by molar-refractivity contribution is 6.09. The molecule has 0 aromatic heterocycles. The summed E-state index contributed by atoms with van der Waals surface area (Å²) in [5, 5.41) is 5.98. The number of nitrogens with zero attached hydrogens (tertiary/aromatic N) is 2. The maximum absolute atomic E-state index is 13.1. The number of amides is 4. The predicted octanol–water partition coefficient (Wildman–Crippen LogP) is 3.29. The Labute approximate surface area is 197 Å². The van der Waals surface area contributed by atoms with Gasteiger partial charge in [0.15, 0.2) is 0 Å². The fourth-order valence-corrected chi connectivity index (χ4v) is 5.63. The molecule has 180 valence electrons. The molecule has 2 saturated heterocycles. The Morgan fingerprint density at radius 2 is 1.70 bits per heavy atom. The van der Waals surface area contributed by atoms with E-state index in [1.54, 1.807) is 0 Å². The lowest BCUT2D eigenvalue weighted by Gasteiger charge is -2.40. The number of nitrogens with one attached hydrogen (secondary N) is 2. The number of benzene rings is 1. The number of imide groups is 1. The van der Waals surface area contributed by atoms with E-state index in [-0.39, 0.29) is 29.8 Å². The molecule has 1 aromatic carbocycles. The van der Waals surface area contributed by atoms with E-state index in [2.05, 4.69) is 60.6 Å². The molecule has 0 radical (unpaired) electrons. The maximum Gasteiger partial charge on any atom is 0.325 e. The van der Waals surface area contributed by atoms with Gasteiger partial charge in [-0.05, 0) is 55.4 Å². The Morgan fingerprint density at radius 1 is 1.06 bits per heavy atom. The average molecular weight is 455 g/mol. The number of carbonyl (C=O) groups excluding carboxylic acids is 3. The van der Waals surface area contributed by atoms with Crippen LogP contribution in [0.25, 0.3) is 0 Å². The standard InChI is InChI=1S/C26H38N4O3/c1-25(2,3)20-9-13-26(14-10-20)23(32)30(24(33)28-26)18-22(31)27-21-11-15-29(16-12-21)17-19-7-5-4-6-8-19/h4-8,20-21H,9-18H2,1-3H3,(H,27,31)(H,28,33). The number of hydrogen-bond acceptors (Lipinski definition) is 4. The molecule has 4 rings (SSSR count). The molecule has 2 heterocycles. The first kappa shape index (κ1) is 23.7. The van der Waals surface area contributed by atoms with Gasteiger partial charge in [-0.1, -0.05) is 51.1 Å². The summed E-state index contributed by atoms with van der Waals surface area (Å²) in [6.45, 7) is 9.25. The first-order chi connectivity index (χ1) is 15.7. The third kappa shape index (κ3) is 5.40. The molecular weight excluding hydrogens is 416 g/mol. The van der Waals surface area contributed by atoms with Crippen molar-refractivity contribution >= 4 is 17.8 Å². The van der Waals surface area contributed by atoms with Crippen molar-refractivity contribution in [3.8, 4) is 0 Å². The largest absolute Gasteiger partial charge is 0.352 e. The van der Waals surface area contributed by atoms with Gasteiger partial charge in [-0.25, -0.2) is 4.79 Å². The van der Waals surface area contributed by atoms with E-state index in [1.807, 2.05) is 6.07 Å². The number of urea groups is 1. The summed E-state index contributed by atoms with van der Waals surface area (Å²) in [6.07, 6.45) is 4.87. The van der Waals surface area contributed by atoms with Crippen LogP contribution in [0.15, 0.2) is 30.3 Å². The van der Waals surface area contributed by atoms with Crippen LogP contribution in [0.1, 0.15) is 64.9 Å². The van der Waals surface area contributed by atoms with Crippen LogP contribution in [0.4, 0.5) is 4.79 Å². The molecule has 7 nitrogen and oxygen atoms in total. The van der Waals surface area contributed by atoms with Gasteiger partial charge in [-0.2, -0.15) is 0 Å². The van der Waals surface area contributed by atoms with Crippen LogP contribution in [0.2, 0.25) is 0 Å². The van der Waals surface area contributed by atoms with Crippen LogP contribution in [-0.2, 0) is 16.1 Å². The molecule has 4 amide bonds. The average Bonchev–Trinajstić information content (AvgIpc) is 2.99. The van der Waals surface area contributed by atoms with Crippen molar-refractivity contribution in [2.45, 2.75) is 77.4 Å². The van der Waals surface area contributed by atoms with Crippen molar-refractivity contribution < 1.29 is 14.4 Å². The number of likely N-dealkylation sites (tertiary alicyclic amines) is 1. The van der Waals surface area contributed by atoms with Crippen molar-refractivity contribution in [3.63, 3.8) is 0 Å². The lowest BCUT2D eigenvalue weighted by molar-refractivity contribution is -0.136. The van der Waals surface area contributed by atoms with E-state index >= 15 is 0 Å². The first-order valence-corrected chi connectivity index (χ1v) is 12.4. The molecule has 33 heavy (non-hydrogen) atoms. The van der Waals surface area contributed by atoms with Crippen molar-refractivity contribution in [1.29, 1.82) is 0 Å². The van der Waals surface area contributed by atoms with E-state index in [4.69, 9.17) is 0 Å². The van der Waals surface area contributed by atoms with Crippen LogP contribution >= 0.6 is 0 Å². The molecule has 2 N–H and O–H groups in total. The minimum absolute atomic E-state index is 0.0847. The molecule has 3 fully saturated rings. The van der Waals surface area contributed by atoms with E-state index in [0.29, 0.717) is 18.8 Å². The van der Waals surface area contributed by atoms with Crippen LogP contribution in [0.5, 0.6) is 0 Å². The smallest absolute Gasteiger partial charge is 0.325 e. The van der Waals surface area contributed by atoms with Gasteiger partial charge >= 0.3 is 6.03 Å². The number of carbonyl (C=O) groups is 3. The van der Waals surface area contributed by atoms with E-state index in [0.717, 1.165) is 50.2 Å². The van der Waals surface area contributed by atoms with Crippen LogP contribution in [0.3, 0.4) is 0 Å². The summed E-state index contributed by atoms with van der Waals surface area (Å²) < 4.78 is 0. The molecular formula is C26H38N4O3. The van der Waals surface area contributed by atoms with Crippen LogP contribution in [0, 0.1) is 11.3 Å². The van der Waals surface area contributed by atoms with Gasteiger partial charge < -0.3 is 10.6 Å². The Balaban J connectivity index is 1.24. The van der Waals surface area contributed by atoms with Gasteiger partial charge in [-0.15, -0.1) is 0 Å². The zero-order valence-electron chi connectivity index (χ0n) is 20.2. The maximum atomic E-state index is 13.1. The summed E-state index contributed by atoms with van der Waals surface area (Å²) in [5.41, 5.74) is 0.676. The number of hydrogen-bond donors (Lipinski definition) is 2. The topological polar surface area (TPSA) is 81.8 Å². The summed E-state index contributed by atoms with van der Waals surface area (Å²) in [4.78, 5) is 41.9. The van der Waals surface area contributed by atoms with E-state index < -0.39 is 11.6 Å². The Morgan fingerprint density at radius 3 is 2.30 bits per heavy atom. The number of rotatable bonds is 5. The summed E-state index contributed by atoms with van der Waals surface area (Å²) in [7, 11) is 0. The van der Waals surface area contributed by atoms with E-state index in [1.165, 1.54) is 5.56 Å². The van der Waals surface area contributed by atoms with Gasteiger partial charge in [0.25, 0.3) is 5.91 Å². The molecule has 3 aliphatic rings. The quantitative estimate of drug-likeness (QED) is 0.669. The van der Waals surface area contributed by atoms with Crippen LogP contribution < -0.4 is 10.6 Å². The minimum Gasteiger partial charge on any atom is -0.352 e. The highest BCUT2D eigenvalue weighted by Crippen LogP contribution is 2.43. The molecule has 1 aliphatic carbocycles. The molecule has 7 heteroatoms. The molecule has 1 aromatic rings. The third-order valence-electron chi connectivity index (χ3n) is 7.81. The Kier molecular flexibility index (Phi) is 6.80. The lowest BCUT2D eigenvalue weighted by Crippen LogP contribution is -2.51. The summed E-state index contributed by atoms with van der Waals surface area (Å²) in [6, 6.07) is 10.1. The van der Waals surface area contributed by atoms with Crippen LogP contribution in [-0.4, -0.2) is 58.9 Å². The van der Waals surface area contributed by atoms with Crippen molar-refractivity contribution in [2.24, 2.45) is 11.3 Å². The molecule has 1 saturated carbocycles. The monoisotopic (exact) mass is 454 g/mol. The molecule has 1 spiro atoms. The van der Waals surface area contributed by atoms with E-state index in [9.17, 15) is 14.4 Å². The van der Waals surface area contributed by atoms with Crippen molar-refractivity contribution in [1.82, 2.24) is 20.4 Å². The van der Waals surface area contributed by atoms with Gasteiger partial charge in [-0.3, -0.25) is 19.4 Å². The molecule has 0 bridgehead atoms. The minimum atomic E-state index is -0.818. The SMILES string of the molecule is CC(C)(C)C1CCC2(CC1)NC(=O)N(CC(=O)NC1CCN(Cc3ccccc3)CC1)C2=O. The second-order valence-corrected chi connectivity index (χ2v) is 11.1. The first-order valence-electron chi connectivity index (χ1n) is 12.4. The highest BCUT2D eigenvalue weighted by atomic mass is 16.2. The van der Waals surface area contributed by atoms with Gasteiger partial charge in [0.2, 0.25) is 5.91 Å². The Hall–Kier alpha value is -2.41. The van der Waals surface area contributed by atoms with Gasteiger partial charge in [0.1, 0.15) is 12.1 Å². The number of piperidine rings is 1. The van der Waals surface area contributed by atoms with Gasteiger partial charge in [0.05, 0.1) is 0 Å². The van der Waals surface area contributed by atoms with Crippen molar-refractivity contribution in [3.05, 3.63) is 35.9 Å². The Bertz CT molecular complexity index is 863. The van der Waals surface area contributed by atoms with Gasteiger partial charge in [0, 0.05) is 25.7 Å². The molecule has 0 atom stereocenters. The second-order valence-electron chi connectivity index (χ2n) is 11.1. The second kappa shape index (κ2) is 9.45. The molecule has 2 aliphatic heterocycles. The normalized spacial score (nSPS) is 27.1. The summed E-state index contributed by atoms with van der Waals surface area (Å²) in [5.74, 6) is 0.0612. The fourth-order valence-electron chi connectivity index (χ4n) is 5.63. The third-order valence-corrected chi connectivity index (χ3v) is 7.81. The lowest BCUT2D eigenvalue weighted by atomic mass is 9.67. The zero-order valence-corrected chi connectivity index (χ0v) is 20.2. The zero-order chi connectivity index (χ0) is 23.6. The molecule has 0 unspecified atom stereocenters. The van der Waals surface area contributed by atoms with Crippen molar-refractivity contribution in [2.75, 3.05) is 19.6 Å². The fraction of sp³-hybridized carbons (Fsp3) is 0.654.